The third-order valence-corrected chi connectivity index (χ3v) is 2.23. The minimum absolute atomic E-state index is 0.122. The maximum atomic E-state index is 11.5. The molecule has 0 aliphatic carbocycles. The van der Waals surface area contributed by atoms with Gasteiger partial charge in [0.1, 0.15) is 11.6 Å². The predicted molar refractivity (Wildman–Crippen MR) is 74.9 cm³/mol. The van der Waals surface area contributed by atoms with E-state index in [0.29, 0.717) is 13.0 Å². The van der Waals surface area contributed by atoms with Gasteiger partial charge in [-0.15, -0.1) is 0 Å². The first kappa shape index (κ1) is 17.1. The van der Waals surface area contributed by atoms with Gasteiger partial charge >= 0.3 is 6.09 Å². The van der Waals surface area contributed by atoms with E-state index in [0.717, 1.165) is 12.8 Å². The molecule has 2 amide bonds. The minimum Gasteiger partial charge on any atom is -0.444 e. The highest BCUT2D eigenvalue weighted by Gasteiger charge is 2.25. The van der Waals surface area contributed by atoms with Gasteiger partial charge in [0.15, 0.2) is 0 Å². The lowest BCUT2D eigenvalue weighted by atomic mass is 10.1. The summed E-state index contributed by atoms with van der Waals surface area (Å²) >= 11 is 3.53. The fourth-order valence-corrected chi connectivity index (χ4v) is 1.53. The molecule has 0 radical (unpaired) electrons. The Morgan fingerprint density at radius 3 is 2.56 bits per heavy atom. The summed E-state index contributed by atoms with van der Waals surface area (Å²) in [6, 6.07) is -0.461. The molecule has 0 bridgehead atoms. The number of carbonyl (C=O) groups is 2. The van der Waals surface area contributed by atoms with Crippen molar-refractivity contribution < 1.29 is 14.3 Å². The van der Waals surface area contributed by atoms with Gasteiger partial charge in [0.05, 0.1) is 0 Å². The second-order valence-electron chi connectivity index (χ2n) is 4.99. The zero-order valence-electron chi connectivity index (χ0n) is 11.6. The van der Waals surface area contributed by atoms with E-state index in [1.54, 1.807) is 27.0 Å². The highest BCUT2D eigenvalue weighted by atomic mass is 32.1. The molecule has 6 heteroatoms. The number of ether oxygens (including phenoxy) is 1. The zero-order valence-corrected chi connectivity index (χ0v) is 12.5. The molecule has 0 spiro atoms. The van der Waals surface area contributed by atoms with E-state index < -0.39 is 17.7 Å². The minimum atomic E-state index is -0.536. The van der Waals surface area contributed by atoms with Crippen molar-refractivity contribution in [1.29, 1.82) is 0 Å². The number of amides is 2. The number of rotatable bonds is 1. The van der Waals surface area contributed by atoms with Gasteiger partial charge < -0.3 is 15.4 Å². The summed E-state index contributed by atoms with van der Waals surface area (Å²) in [6.45, 7) is 6.06. The van der Waals surface area contributed by atoms with Crippen LogP contribution in [0.5, 0.6) is 0 Å². The summed E-state index contributed by atoms with van der Waals surface area (Å²) in [6.07, 6.45) is 3.72. The number of alkyl carbamates (subject to hydrolysis) is 1. The maximum Gasteiger partial charge on any atom is 0.408 e. The van der Waals surface area contributed by atoms with E-state index >= 15 is 0 Å². The van der Waals surface area contributed by atoms with Crippen molar-refractivity contribution in [2.24, 2.45) is 0 Å². The average molecular weight is 276 g/mol. The molecule has 0 aromatic heterocycles. The standard InChI is InChI=1S/C11H20N2O3.CH4S/c1-11(2,3)16-10(15)13-8-6-4-5-7-12-9(8)14;1-2/h8H,4-7H2,1-3H3,(H,12,14)(H,13,15);2H,1H3. The molecule has 0 saturated carbocycles. The van der Waals surface area contributed by atoms with E-state index in [9.17, 15) is 9.59 Å². The summed E-state index contributed by atoms with van der Waals surface area (Å²) in [5.74, 6) is -0.122. The molecule has 18 heavy (non-hydrogen) atoms. The topological polar surface area (TPSA) is 67.4 Å². The van der Waals surface area contributed by atoms with Crippen LogP contribution < -0.4 is 10.6 Å². The molecule has 1 atom stereocenters. The van der Waals surface area contributed by atoms with Gasteiger partial charge in [0.25, 0.3) is 0 Å². The van der Waals surface area contributed by atoms with Gasteiger partial charge in [-0.3, -0.25) is 4.79 Å². The van der Waals surface area contributed by atoms with Crippen molar-refractivity contribution in [1.82, 2.24) is 10.6 Å². The van der Waals surface area contributed by atoms with Crippen LogP contribution in [0.2, 0.25) is 0 Å². The van der Waals surface area contributed by atoms with Crippen molar-refractivity contribution in [3.8, 4) is 0 Å². The summed E-state index contributed by atoms with van der Waals surface area (Å²) in [5, 5.41) is 5.35. The molecule has 0 aromatic rings. The summed E-state index contributed by atoms with van der Waals surface area (Å²) in [5.41, 5.74) is -0.536. The first-order valence-electron chi connectivity index (χ1n) is 6.10. The van der Waals surface area contributed by atoms with E-state index in [4.69, 9.17) is 4.74 Å². The van der Waals surface area contributed by atoms with Crippen molar-refractivity contribution in [2.45, 2.75) is 51.7 Å². The van der Waals surface area contributed by atoms with Crippen molar-refractivity contribution in [3.05, 3.63) is 0 Å². The Labute approximate surface area is 114 Å². The molecule has 1 unspecified atom stereocenters. The van der Waals surface area contributed by atoms with E-state index in [-0.39, 0.29) is 5.91 Å². The second kappa shape index (κ2) is 8.24. The van der Waals surface area contributed by atoms with Crippen LogP contribution >= 0.6 is 12.6 Å². The van der Waals surface area contributed by atoms with Gasteiger partial charge in [-0.05, 0) is 46.3 Å². The smallest absolute Gasteiger partial charge is 0.408 e. The molecular formula is C12H24N2O3S. The SMILES string of the molecule is CC(C)(C)OC(=O)NC1CCCCNC1=O.CS. The van der Waals surface area contributed by atoms with Crippen LogP contribution in [0.3, 0.4) is 0 Å². The van der Waals surface area contributed by atoms with Gasteiger partial charge in [-0.25, -0.2) is 4.79 Å². The van der Waals surface area contributed by atoms with E-state index in [1.165, 1.54) is 0 Å². The Balaban J connectivity index is 0.00000137. The molecule has 106 valence electrons. The Hall–Kier alpha value is -0.910. The molecule has 1 saturated heterocycles. The lowest BCUT2D eigenvalue weighted by Crippen LogP contribution is -2.47. The molecule has 0 aromatic carbocycles. The van der Waals surface area contributed by atoms with Gasteiger partial charge in [0, 0.05) is 6.54 Å². The monoisotopic (exact) mass is 276 g/mol. The molecule has 1 heterocycles. The second-order valence-corrected chi connectivity index (χ2v) is 4.99. The predicted octanol–water partition coefficient (Wildman–Crippen LogP) is 1.73. The highest BCUT2D eigenvalue weighted by molar-refractivity contribution is 7.79. The van der Waals surface area contributed by atoms with E-state index in [1.807, 2.05) is 0 Å². The number of nitrogens with one attached hydrogen (secondary N) is 2. The van der Waals surface area contributed by atoms with Crippen LogP contribution in [-0.2, 0) is 9.53 Å². The van der Waals surface area contributed by atoms with Crippen LogP contribution in [0.15, 0.2) is 0 Å². The van der Waals surface area contributed by atoms with Crippen LogP contribution in [-0.4, -0.2) is 36.4 Å². The first-order valence-corrected chi connectivity index (χ1v) is 7.00. The Kier molecular flexibility index (Phi) is 7.82. The summed E-state index contributed by atoms with van der Waals surface area (Å²) in [7, 11) is 0. The first-order chi connectivity index (χ1) is 8.38. The number of carbonyl (C=O) groups excluding carboxylic acids is 2. The Bertz CT molecular complexity index is 277. The quantitative estimate of drug-likeness (QED) is 0.639. The highest BCUT2D eigenvalue weighted by Crippen LogP contribution is 2.09. The van der Waals surface area contributed by atoms with E-state index in [2.05, 4.69) is 23.3 Å². The third-order valence-electron chi connectivity index (χ3n) is 2.23. The largest absolute Gasteiger partial charge is 0.444 e. The molecule has 1 aliphatic heterocycles. The van der Waals surface area contributed by atoms with Crippen molar-refractivity contribution in [3.63, 3.8) is 0 Å². The van der Waals surface area contributed by atoms with Crippen molar-refractivity contribution in [2.75, 3.05) is 12.8 Å². The molecular weight excluding hydrogens is 252 g/mol. The van der Waals surface area contributed by atoms with Gasteiger partial charge in [-0.2, -0.15) is 12.6 Å². The fraction of sp³-hybridized carbons (Fsp3) is 0.833. The molecule has 1 aliphatic rings. The Morgan fingerprint density at radius 1 is 1.39 bits per heavy atom. The molecule has 1 rings (SSSR count). The average Bonchev–Trinajstić information content (AvgIpc) is 2.45. The van der Waals surface area contributed by atoms with Crippen LogP contribution in [0.1, 0.15) is 40.0 Å². The summed E-state index contributed by atoms with van der Waals surface area (Å²) < 4.78 is 5.10. The number of hydrogen-bond donors (Lipinski definition) is 3. The molecule has 5 nitrogen and oxygen atoms in total. The van der Waals surface area contributed by atoms with Crippen LogP contribution in [0.25, 0.3) is 0 Å². The molecule has 2 N–H and O–H groups in total. The van der Waals surface area contributed by atoms with Gasteiger partial charge in [-0.1, -0.05) is 0 Å². The molecule has 1 fully saturated rings. The van der Waals surface area contributed by atoms with Gasteiger partial charge in [0.2, 0.25) is 5.91 Å². The summed E-state index contributed by atoms with van der Waals surface area (Å²) in [4.78, 5) is 23.0. The Morgan fingerprint density at radius 2 is 2.00 bits per heavy atom. The van der Waals surface area contributed by atoms with Crippen LogP contribution in [0, 0.1) is 0 Å². The maximum absolute atomic E-state index is 11.5. The fourth-order valence-electron chi connectivity index (χ4n) is 1.53. The number of hydrogen-bond acceptors (Lipinski definition) is 4. The van der Waals surface area contributed by atoms with Crippen molar-refractivity contribution >= 4 is 24.6 Å². The van der Waals surface area contributed by atoms with Crippen LogP contribution in [0.4, 0.5) is 4.79 Å². The lowest BCUT2D eigenvalue weighted by molar-refractivity contribution is -0.122. The third kappa shape index (κ3) is 7.42. The lowest BCUT2D eigenvalue weighted by Gasteiger charge is -2.22. The number of thiol groups is 1. The zero-order chi connectivity index (χ0) is 14.2. The normalized spacial score (nSPS) is 19.8.